The molecule has 2 nitrogen and oxygen atoms in total. The van der Waals surface area contributed by atoms with E-state index in [1.807, 2.05) is 13.0 Å². The molecule has 1 aliphatic heterocycles. The van der Waals surface area contributed by atoms with Gasteiger partial charge in [-0.3, -0.25) is 9.59 Å². The number of carbonyl (C=O) groups excluding carboxylic acids is 2. The molecule has 18 heavy (non-hydrogen) atoms. The predicted octanol–water partition coefficient (Wildman–Crippen LogP) is 3.34. The Balaban J connectivity index is 2.44. The van der Waals surface area contributed by atoms with Crippen LogP contribution in [0.25, 0.3) is 4.91 Å². The Hall–Kier alpha value is -1.35. The molecule has 3 rings (SSSR count). The SMILES string of the molecule is CC1=C2SCC(C)c3ccc(C)c(c32)C(=O)C1=O. The first kappa shape index (κ1) is 11.7. The number of allylic oxidation sites excluding steroid dienone is 1. The molecule has 0 amide bonds. The second kappa shape index (κ2) is 3.82. The molecule has 1 unspecified atom stereocenters. The van der Waals surface area contributed by atoms with Crippen LogP contribution in [0.5, 0.6) is 0 Å². The summed E-state index contributed by atoms with van der Waals surface area (Å²) in [5, 5.41) is 0. The zero-order valence-corrected chi connectivity index (χ0v) is 11.5. The van der Waals surface area contributed by atoms with Gasteiger partial charge in [0.1, 0.15) is 0 Å². The topological polar surface area (TPSA) is 34.1 Å². The fourth-order valence-electron chi connectivity index (χ4n) is 2.72. The molecule has 0 radical (unpaired) electrons. The second-order valence-electron chi connectivity index (χ2n) is 5.05. The fraction of sp³-hybridized carbons (Fsp3) is 0.333. The summed E-state index contributed by atoms with van der Waals surface area (Å²) in [6, 6.07) is 4.07. The summed E-state index contributed by atoms with van der Waals surface area (Å²) in [6.45, 7) is 5.85. The molecule has 0 spiro atoms. The lowest BCUT2D eigenvalue weighted by atomic mass is 9.82. The number of Topliss-reactive ketones (excluding diaryl/α,β-unsaturated/α-hetero) is 2. The van der Waals surface area contributed by atoms with Crippen molar-refractivity contribution < 1.29 is 9.59 Å². The molecule has 2 aliphatic rings. The van der Waals surface area contributed by atoms with Gasteiger partial charge in [-0.15, -0.1) is 11.8 Å². The molecule has 1 aromatic carbocycles. The predicted molar refractivity (Wildman–Crippen MR) is 74.0 cm³/mol. The van der Waals surface area contributed by atoms with E-state index >= 15 is 0 Å². The summed E-state index contributed by atoms with van der Waals surface area (Å²) < 4.78 is 0. The third-order valence-electron chi connectivity index (χ3n) is 3.80. The summed E-state index contributed by atoms with van der Waals surface area (Å²) in [5.74, 6) is 0.742. The smallest absolute Gasteiger partial charge is 0.234 e. The third kappa shape index (κ3) is 1.37. The lowest BCUT2D eigenvalue weighted by Crippen LogP contribution is -2.26. The molecule has 0 fully saturated rings. The monoisotopic (exact) mass is 258 g/mol. The van der Waals surface area contributed by atoms with Crippen molar-refractivity contribution in [1.82, 2.24) is 0 Å². The molecule has 0 N–H and O–H groups in total. The highest BCUT2D eigenvalue weighted by atomic mass is 32.2. The lowest BCUT2D eigenvalue weighted by molar-refractivity contribution is -0.111. The Morgan fingerprint density at radius 1 is 1.11 bits per heavy atom. The maximum absolute atomic E-state index is 12.2. The second-order valence-corrected chi connectivity index (χ2v) is 6.08. The Bertz CT molecular complexity index is 626. The highest BCUT2D eigenvalue weighted by Gasteiger charge is 2.36. The van der Waals surface area contributed by atoms with Gasteiger partial charge in [-0.2, -0.15) is 0 Å². The molecule has 1 atom stereocenters. The number of hydrogen-bond acceptors (Lipinski definition) is 3. The van der Waals surface area contributed by atoms with Crippen molar-refractivity contribution in [2.75, 3.05) is 5.75 Å². The van der Waals surface area contributed by atoms with Crippen LogP contribution in [0.15, 0.2) is 17.7 Å². The minimum atomic E-state index is -0.334. The quantitative estimate of drug-likeness (QED) is 0.669. The Morgan fingerprint density at radius 3 is 2.56 bits per heavy atom. The van der Waals surface area contributed by atoms with Crippen LogP contribution < -0.4 is 0 Å². The molecule has 0 saturated carbocycles. The zero-order chi connectivity index (χ0) is 13.0. The van der Waals surface area contributed by atoms with E-state index in [1.165, 1.54) is 5.56 Å². The molecule has 0 aromatic heterocycles. The molecule has 0 bridgehead atoms. The standard InChI is InChI=1S/C15H14O2S/c1-7-4-5-10-8(2)6-18-15-9(3)13(16)14(17)11(7)12(10)15/h4-5,8H,6H2,1-3H3. The maximum atomic E-state index is 12.2. The van der Waals surface area contributed by atoms with E-state index in [4.69, 9.17) is 0 Å². The number of hydrogen-bond donors (Lipinski definition) is 0. The van der Waals surface area contributed by atoms with Gasteiger partial charge in [0.05, 0.1) is 0 Å². The van der Waals surface area contributed by atoms with E-state index in [-0.39, 0.29) is 11.6 Å². The molecular formula is C15H14O2S. The molecule has 3 heteroatoms. The van der Waals surface area contributed by atoms with Crippen molar-refractivity contribution in [3.05, 3.63) is 40.0 Å². The minimum absolute atomic E-state index is 0.333. The molecule has 1 aliphatic carbocycles. The van der Waals surface area contributed by atoms with Gasteiger partial charge in [0.2, 0.25) is 11.6 Å². The average molecular weight is 258 g/mol. The minimum Gasteiger partial charge on any atom is -0.285 e. The number of thioether (sulfide) groups is 1. The lowest BCUT2D eigenvalue weighted by Gasteiger charge is -2.30. The van der Waals surface area contributed by atoms with Gasteiger partial charge in [0.25, 0.3) is 0 Å². The van der Waals surface area contributed by atoms with Crippen molar-refractivity contribution >= 4 is 28.2 Å². The summed E-state index contributed by atoms with van der Waals surface area (Å²) in [7, 11) is 0. The Kier molecular flexibility index (Phi) is 2.49. The molecule has 1 heterocycles. The van der Waals surface area contributed by atoms with Gasteiger partial charge >= 0.3 is 0 Å². The van der Waals surface area contributed by atoms with Crippen molar-refractivity contribution in [3.8, 4) is 0 Å². The van der Waals surface area contributed by atoms with Crippen molar-refractivity contribution in [2.24, 2.45) is 0 Å². The van der Waals surface area contributed by atoms with Gasteiger partial charge in [-0.1, -0.05) is 19.1 Å². The van der Waals surface area contributed by atoms with Crippen LogP contribution in [0, 0.1) is 6.92 Å². The van der Waals surface area contributed by atoms with Gasteiger partial charge in [0, 0.05) is 27.4 Å². The van der Waals surface area contributed by atoms with E-state index in [0.29, 0.717) is 17.1 Å². The Morgan fingerprint density at radius 2 is 1.83 bits per heavy atom. The van der Waals surface area contributed by atoms with Gasteiger partial charge in [-0.25, -0.2) is 0 Å². The van der Waals surface area contributed by atoms with Crippen molar-refractivity contribution in [1.29, 1.82) is 0 Å². The van der Waals surface area contributed by atoms with Crippen LogP contribution >= 0.6 is 11.8 Å². The normalized spacial score (nSPS) is 22.3. The van der Waals surface area contributed by atoms with Gasteiger partial charge in [-0.05, 0) is 30.9 Å². The van der Waals surface area contributed by atoms with E-state index in [2.05, 4.69) is 13.0 Å². The zero-order valence-electron chi connectivity index (χ0n) is 10.7. The molecule has 0 saturated heterocycles. The third-order valence-corrected chi connectivity index (χ3v) is 5.26. The number of rotatable bonds is 0. The van der Waals surface area contributed by atoms with Crippen LogP contribution in [0.4, 0.5) is 0 Å². The number of ketones is 2. The molecular weight excluding hydrogens is 244 g/mol. The first-order valence-electron chi connectivity index (χ1n) is 6.09. The number of carbonyl (C=O) groups is 2. The van der Waals surface area contributed by atoms with E-state index < -0.39 is 0 Å². The summed E-state index contributed by atoms with van der Waals surface area (Å²) in [4.78, 5) is 25.2. The van der Waals surface area contributed by atoms with Crippen molar-refractivity contribution in [2.45, 2.75) is 26.7 Å². The van der Waals surface area contributed by atoms with Crippen LogP contribution in [-0.4, -0.2) is 17.3 Å². The van der Waals surface area contributed by atoms with Gasteiger partial charge < -0.3 is 0 Å². The van der Waals surface area contributed by atoms with Crippen LogP contribution in [0.1, 0.15) is 46.8 Å². The Labute approximate surface area is 110 Å². The van der Waals surface area contributed by atoms with E-state index in [9.17, 15) is 9.59 Å². The number of aryl methyl sites for hydroxylation is 1. The highest BCUT2D eigenvalue weighted by Crippen LogP contribution is 2.47. The van der Waals surface area contributed by atoms with E-state index in [0.717, 1.165) is 21.8 Å². The van der Waals surface area contributed by atoms with Crippen LogP contribution in [-0.2, 0) is 4.79 Å². The largest absolute Gasteiger partial charge is 0.285 e. The molecule has 1 aromatic rings. The number of benzene rings is 1. The van der Waals surface area contributed by atoms with Gasteiger partial charge in [0.15, 0.2) is 0 Å². The summed E-state index contributed by atoms with van der Waals surface area (Å²) in [5.41, 5.74) is 4.41. The highest BCUT2D eigenvalue weighted by molar-refractivity contribution is 8.08. The van der Waals surface area contributed by atoms with Crippen LogP contribution in [0.3, 0.4) is 0 Å². The van der Waals surface area contributed by atoms with Crippen LogP contribution in [0.2, 0.25) is 0 Å². The van der Waals surface area contributed by atoms with Crippen molar-refractivity contribution in [3.63, 3.8) is 0 Å². The summed E-state index contributed by atoms with van der Waals surface area (Å²) >= 11 is 1.71. The molecule has 92 valence electrons. The van der Waals surface area contributed by atoms with E-state index in [1.54, 1.807) is 18.7 Å². The first-order valence-corrected chi connectivity index (χ1v) is 7.07. The first-order chi connectivity index (χ1) is 8.52. The fourth-order valence-corrected chi connectivity index (χ4v) is 3.99. The average Bonchev–Trinajstić information content (AvgIpc) is 2.35. The maximum Gasteiger partial charge on any atom is 0.234 e. The summed E-state index contributed by atoms with van der Waals surface area (Å²) in [6.07, 6.45) is 0.